The molecule has 0 aliphatic carbocycles. The lowest BCUT2D eigenvalue weighted by Gasteiger charge is -2.56. The number of rotatable bonds is 6. The van der Waals surface area contributed by atoms with Crippen LogP contribution in [0, 0.1) is 11.8 Å². The van der Waals surface area contributed by atoms with Crippen LogP contribution in [-0.4, -0.2) is 73.9 Å². The molecule has 3 heterocycles. The molecule has 2 bridgehead atoms. The van der Waals surface area contributed by atoms with E-state index in [0.29, 0.717) is 35.5 Å². The number of amides is 1. The van der Waals surface area contributed by atoms with Gasteiger partial charge in [0.15, 0.2) is 11.5 Å². The van der Waals surface area contributed by atoms with Crippen LogP contribution in [-0.2, 0) is 11.3 Å². The van der Waals surface area contributed by atoms with E-state index in [9.17, 15) is 9.90 Å². The van der Waals surface area contributed by atoms with Crippen molar-refractivity contribution in [2.75, 3.05) is 41.0 Å². The highest BCUT2D eigenvalue weighted by atomic mass is 16.5. The maximum atomic E-state index is 12.6. The average molecular weight is 405 g/mol. The Morgan fingerprint density at radius 2 is 1.83 bits per heavy atom. The van der Waals surface area contributed by atoms with Gasteiger partial charge in [0, 0.05) is 37.7 Å². The number of aliphatic hydroxyl groups excluding tert-OH is 1. The number of piperidine rings is 3. The number of methoxy groups -OCH3 is 3. The first-order valence-corrected chi connectivity index (χ1v) is 10.5. The van der Waals surface area contributed by atoms with Crippen molar-refractivity contribution in [2.45, 2.75) is 44.3 Å². The molecule has 4 atom stereocenters. The normalized spacial score (nSPS) is 29.4. The van der Waals surface area contributed by atoms with Gasteiger partial charge in [0.1, 0.15) is 0 Å². The fraction of sp³-hybridized carbons (Fsp3) is 0.682. The maximum Gasteiger partial charge on any atom is 0.223 e. The second kappa shape index (κ2) is 8.40. The zero-order valence-corrected chi connectivity index (χ0v) is 17.6. The molecule has 29 heavy (non-hydrogen) atoms. The van der Waals surface area contributed by atoms with Gasteiger partial charge in [-0.1, -0.05) is 6.07 Å². The molecule has 0 unspecified atom stereocenters. The van der Waals surface area contributed by atoms with Crippen LogP contribution < -0.4 is 14.2 Å². The third kappa shape index (κ3) is 3.55. The predicted octanol–water partition coefficient (Wildman–Crippen LogP) is 1.91. The topological polar surface area (TPSA) is 71.5 Å². The van der Waals surface area contributed by atoms with Crippen molar-refractivity contribution < 1.29 is 24.1 Å². The molecule has 1 aromatic rings. The molecule has 0 spiro atoms. The lowest BCUT2D eigenvalue weighted by atomic mass is 9.72. The lowest BCUT2D eigenvalue weighted by Crippen LogP contribution is -2.65. The Bertz CT molecular complexity index is 741. The summed E-state index contributed by atoms with van der Waals surface area (Å²) in [6, 6.07) is 4.16. The minimum Gasteiger partial charge on any atom is -0.493 e. The molecular weight excluding hydrogens is 372 g/mol. The average Bonchev–Trinajstić information content (AvgIpc) is 2.74. The predicted molar refractivity (Wildman–Crippen MR) is 108 cm³/mol. The number of benzene rings is 1. The van der Waals surface area contributed by atoms with Gasteiger partial charge in [0.2, 0.25) is 11.7 Å². The Balaban J connectivity index is 1.57. The molecule has 1 amide bonds. The van der Waals surface area contributed by atoms with Crippen molar-refractivity contribution >= 4 is 5.91 Å². The largest absolute Gasteiger partial charge is 0.493 e. The monoisotopic (exact) mass is 404 g/mol. The minimum absolute atomic E-state index is 0.0488. The van der Waals surface area contributed by atoms with Gasteiger partial charge < -0.3 is 24.2 Å². The Morgan fingerprint density at radius 1 is 1.07 bits per heavy atom. The van der Waals surface area contributed by atoms with E-state index in [1.165, 1.54) is 0 Å². The Morgan fingerprint density at radius 3 is 2.52 bits per heavy atom. The van der Waals surface area contributed by atoms with Crippen molar-refractivity contribution in [3.63, 3.8) is 0 Å². The summed E-state index contributed by atoms with van der Waals surface area (Å²) in [4.78, 5) is 17.1. The molecule has 4 rings (SSSR count). The molecule has 1 aromatic carbocycles. The molecule has 160 valence electrons. The number of aliphatic hydroxyl groups is 1. The molecule has 7 heteroatoms. The molecule has 3 fully saturated rings. The SMILES string of the molecule is COc1ccc(CN2C[C@H]3C[C@@H](C2)[C@H](CO)N2C(=O)CCC[C@@H]32)c(OC)c1OC. The van der Waals surface area contributed by atoms with Crippen LogP contribution in [0.4, 0.5) is 0 Å². The molecule has 0 aromatic heterocycles. The molecule has 3 saturated heterocycles. The molecule has 1 N–H and O–H groups in total. The summed E-state index contributed by atoms with van der Waals surface area (Å²) in [5, 5.41) is 10.1. The number of hydrogen-bond donors (Lipinski definition) is 1. The highest BCUT2D eigenvalue weighted by molar-refractivity contribution is 5.78. The molecule has 0 radical (unpaired) electrons. The van der Waals surface area contributed by atoms with E-state index in [1.807, 2.05) is 17.0 Å². The molecular formula is C22H32N2O5. The number of hydrogen-bond acceptors (Lipinski definition) is 6. The molecule has 0 saturated carbocycles. The van der Waals surface area contributed by atoms with E-state index in [-0.39, 0.29) is 24.6 Å². The van der Waals surface area contributed by atoms with Gasteiger partial charge >= 0.3 is 0 Å². The van der Waals surface area contributed by atoms with E-state index in [1.54, 1.807) is 21.3 Å². The minimum atomic E-state index is -0.0563. The van der Waals surface area contributed by atoms with Crippen LogP contribution in [0.1, 0.15) is 31.2 Å². The van der Waals surface area contributed by atoms with E-state index < -0.39 is 0 Å². The third-order valence-electron chi connectivity index (χ3n) is 6.94. The number of likely N-dealkylation sites (tertiary alicyclic amines) is 1. The second-order valence-corrected chi connectivity index (χ2v) is 8.45. The van der Waals surface area contributed by atoms with E-state index in [2.05, 4.69) is 4.90 Å². The fourth-order valence-electron chi connectivity index (χ4n) is 5.76. The Hall–Kier alpha value is -1.99. The molecule has 3 aliphatic rings. The highest BCUT2D eigenvalue weighted by Gasteiger charge is 2.49. The van der Waals surface area contributed by atoms with Crippen LogP contribution >= 0.6 is 0 Å². The summed E-state index contributed by atoms with van der Waals surface area (Å²) in [5.74, 6) is 2.97. The number of nitrogens with zero attached hydrogens (tertiary/aromatic N) is 2. The zero-order valence-electron chi connectivity index (χ0n) is 17.6. The zero-order chi connectivity index (χ0) is 20.5. The van der Waals surface area contributed by atoms with Gasteiger partial charge in [-0.15, -0.1) is 0 Å². The quantitative estimate of drug-likeness (QED) is 0.781. The summed E-state index contributed by atoms with van der Waals surface area (Å²) in [6.07, 6.45) is 3.73. The van der Waals surface area contributed by atoms with E-state index in [0.717, 1.165) is 44.5 Å². The summed E-state index contributed by atoms with van der Waals surface area (Å²) >= 11 is 0. The number of ether oxygens (including phenoxy) is 3. The first-order valence-electron chi connectivity index (χ1n) is 10.5. The van der Waals surface area contributed by atoms with Gasteiger partial charge in [0.05, 0.1) is 34.0 Å². The number of carbonyl (C=O) groups is 1. The molecule has 3 aliphatic heterocycles. The van der Waals surface area contributed by atoms with E-state index in [4.69, 9.17) is 14.2 Å². The lowest BCUT2D eigenvalue weighted by molar-refractivity contribution is -0.155. The third-order valence-corrected chi connectivity index (χ3v) is 6.94. The van der Waals surface area contributed by atoms with Crippen molar-refractivity contribution in [3.8, 4) is 17.2 Å². The summed E-state index contributed by atoms with van der Waals surface area (Å²) in [6.45, 7) is 2.62. The van der Waals surface area contributed by atoms with Crippen LogP contribution in [0.5, 0.6) is 17.2 Å². The summed E-state index contributed by atoms with van der Waals surface area (Å²) in [5.41, 5.74) is 1.06. The van der Waals surface area contributed by atoms with Crippen molar-refractivity contribution in [1.29, 1.82) is 0 Å². The fourth-order valence-corrected chi connectivity index (χ4v) is 5.76. The van der Waals surface area contributed by atoms with Crippen molar-refractivity contribution in [1.82, 2.24) is 9.80 Å². The van der Waals surface area contributed by atoms with Gasteiger partial charge in [-0.05, 0) is 37.2 Å². The maximum absolute atomic E-state index is 12.6. The van der Waals surface area contributed by atoms with Gasteiger partial charge in [-0.3, -0.25) is 9.69 Å². The summed E-state index contributed by atoms with van der Waals surface area (Å²) in [7, 11) is 4.89. The number of fused-ring (bicyclic) bond motifs is 4. The van der Waals surface area contributed by atoms with Crippen molar-refractivity contribution in [3.05, 3.63) is 17.7 Å². The van der Waals surface area contributed by atoms with Crippen molar-refractivity contribution in [2.24, 2.45) is 11.8 Å². The van der Waals surface area contributed by atoms with Gasteiger partial charge in [0.25, 0.3) is 0 Å². The summed E-state index contributed by atoms with van der Waals surface area (Å²) < 4.78 is 16.6. The smallest absolute Gasteiger partial charge is 0.223 e. The molecule has 7 nitrogen and oxygen atoms in total. The van der Waals surface area contributed by atoms with Gasteiger partial charge in [-0.2, -0.15) is 0 Å². The Kier molecular flexibility index (Phi) is 5.88. The second-order valence-electron chi connectivity index (χ2n) is 8.45. The van der Waals surface area contributed by atoms with Crippen LogP contribution in [0.15, 0.2) is 12.1 Å². The Labute approximate surface area is 172 Å². The number of carbonyl (C=O) groups excluding carboxylic acids is 1. The highest BCUT2D eigenvalue weighted by Crippen LogP contribution is 2.44. The van der Waals surface area contributed by atoms with E-state index >= 15 is 0 Å². The standard InChI is InChI=1S/C22H32N2O5/c1-27-19-8-7-14(21(28-2)22(19)29-3)10-23-11-15-9-16(12-23)18(13-25)24-17(15)5-4-6-20(24)26/h7-8,15-18,25H,4-6,9-13H2,1-3H3/t15-,16+,17+,18+/m1/s1. The van der Waals surface area contributed by atoms with Crippen LogP contribution in [0.25, 0.3) is 0 Å². The van der Waals surface area contributed by atoms with Gasteiger partial charge in [-0.25, -0.2) is 0 Å². The van der Waals surface area contributed by atoms with Crippen LogP contribution in [0.2, 0.25) is 0 Å². The first-order chi connectivity index (χ1) is 14.1. The first kappa shape index (κ1) is 20.3. The van der Waals surface area contributed by atoms with Crippen LogP contribution in [0.3, 0.4) is 0 Å².